The topological polar surface area (TPSA) is 110 Å². The van der Waals surface area contributed by atoms with E-state index in [9.17, 15) is 22.6 Å². The predicted octanol–water partition coefficient (Wildman–Crippen LogP) is 14.7. The first-order valence-electron chi connectivity index (χ1n) is 27.0. The van der Waals surface area contributed by atoms with Crippen LogP contribution in [0.2, 0.25) is 0 Å². The zero-order chi connectivity index (χ0) is 46.4. The third kappa shape index (κ3) is 40.8. The van der Waals surface area contributed by atoms with Gasteiger partial charge in [-0.2, -0.15) is 0 Å². The SMILES string of the molecule is CCCCCC/C=C/CCCCCCCCCCCCCCCCOC(=O)c1ccc(S(=O)(=O)[O-])cc1C(=O)OCCCCCCCCCCCCCCCC/C=C/CCCCCC.[K+]. The molecule has 9 heteroatoms. The summed E-state index contributed by atoms with van der Waals surface area (Å²) >= 11 is 0. The van der Waals surface area contributed by atoms with Crippen molar-refractivity contribution >= 4 is 22.1 Å². The van der Waals surface area contributed by atoms with Crippen LogP contribution in [0, 0.1) is 0 Å². The van der Waals surface area contributed by atoms with E-state index >= 15 is 0 Å². The van der Waals surface area contributed by atoms with Gasteiger partial charge in [0.2, 0.25) is 0 Å². The second-order valence-corrected chi connectivity index (χ2v) is 19.9. The van der Waals surface area contributed by atoms with E-state index in [1.807, 2.05) is 0 Å². The number of hydrogen-bond acceptors (Lipinski definition) is 7. The molecule has 0 N–H and O–H groups in total. The molecular weight excluding hydrogens is 856 g/mol. The van der Waals surface area contributed by atoms with Crippen molar-refractivity contribution in [2.75, 3.05) is 13.2 Å². The minimum atomic E-state index is -4.82. The third-order valence-electron chi connectivity index (χ3n) is 12.5. The maximum Gasteiger partial charge on any atom is 1.00 e. The normalized spacial score (nSPS) is 11.7. The van der Waals surface area contributed by atoms with Crippen LogP contribution >= 0.6 is 0 Å². The van der Waals surface area contributed by atoms with Crippen molar-refractivity contribution in [3.8, 4) is 0 Å². The van der Waals surface area contributed by atoms with Crippen LogP contribution in [0.1, 0.15) is 291 Å². The van der Waals surface area contributed by atoms with Gasteiger partial charge in [0.1, 0.15) is 10.1 Å². The number of benzene rings is 1. The number of ether oxygens (including phenoxy) is 2. The Balaban J connectivity index is 0.0000410. The van der Waals surface area contributed by atoms with Crippen LogP contribution in [-0.4, -0.2) is 38.1 Å². The van der Waals surface area contributed by atoms with Crippen LogP contribution in [0.25, 0.3) is 0 Å². The average molecular weight is 954 g/mol. The Morgan fingerprint density at radius 3 is 0.969 bits per heavy atom. The van der Waals surface area contributed by atoms with Crippen LogP contribution < -0.4 is 51.4 Å². The minimum absolute atomic E-state index is 0. The van der Waals surface area contributed by atoms with Gasteiger partial charge < -0.3 is 14.0 Å². The maximum atomic E-state index is 13.0. The molecule has 0 aliphatic rings. The Bertz CT molecular complexity index is 1410. The molecule has 1 aromatic carbocycles. The standard InChI is InChI=1S/C56H98O7S.K/c1-3-5-7-9-11-13-15-17-19-21-23-25-27-29-31-33-35-37-39-41-43-45-49-62-55(57)53-48-47-52(64(59,60)61)51-54(53)56(58)63-50-46-44-42-40-38-36-34-32-30-28-26-24-22-20-18-16-14-12-10-8-6-4-2;/h13-16,47-48,51H,3-12,17-46,49-50H2,1-2H3,(H,59,60,61);/q;+1/p-1/b15-13+,16-14+;. The second-order valence-electron chi connectivity index (χ2n) is 18.6. The fourth-order valence-corrected chi connectivity index (χ4v) is 8.83. The van der Waals surface area contributed by atoms with Gasteiger partial charge in [0.25, 0.3) is 0 Å². The second kappa shape index (κ2) is 48.2. The molecule has 0 saturated carbocycles. The molecule has 0 radical (unpaired) electrons. The molecule has 0 unspecified atom stereocenters. The number of esters is 2. The van der Waals surface area contributed by atoms with Gasteiger partial charge in [-0.25, -0.2) is 18.0 Å². The monoisotopic (exact) mass is 953 g/mol. The number of hydrogen-bond donors (Lipinski definition) is 0. The van der Waals surface area contributed by atoms with Crippen LogP contribution in [0.15, 0.2) is 47.4 Å². The van der Waals surface area contributed by atoms with Crippen LogP contribution in [0.5, 0.6) is 0 Å². The zero-order valence-electron chi connectivity index (χ0n) is 42.5. The molecule has 65 heavy (non-hydrogen) atoms. The van der Waals surface area contributed by atoms with E-state index in [-0.39, 0.29) is 75.7 Å². The minimum Gasteiger partial charge on any atom is -0.744 e. The van der Waals surface area contributed by atoms with Crippen molar-refractivity contribution in [1.82, 2.24) is 0 Å². The molecule has 0 spiro atoms. The van der Waals surface area contributed by atoms with E-state index in [0.717, 1.165) is 44.2 Å². The molecule has 0 aliphatic carbocycles. The molecule has 0 amide bonds. The van der Waals surface area contributed by atoms with Gasteiger partial charge in [0.05, 0.1) is 29.2 Å². The van der Waals surface area contributed by atoms with E-state index in [4.69, 9.17) is 9.47 Å². The molecule has 0 aliphatic heterocycles. The molecule has 1 aromatic rings. The van der Waals surface area contributed by atoms with E-state index < -0.39 is 27.0 Å². The van der Waals surface area contributed by atoms with Crippen LogP contribution in [0.3, 0.4) is 0 Å². The van der Waals surface area contributed by atoms with E-state index in [1.54, 1.807) is 0 Å². The summed E-state index contributed by atoms with van der Waals surface area (Å²) in [5.41, 5.74) is -0.328. The van der Waals surface area contributed by atoms with E-state index in [1.165, 1.54) is 218 Å². The fourth-order valence-electron chi connectivity index (χ4n) is 8.33. The van der Waals surface area contributed by atoms with Gasteiger partial charge in [0, 0.05) is 0 Å². The summed E-state index contributed by atoms with van der Waals surface area (Å²) < 4.78 is 46.0. The number of allylic oxidation sites excluding steroid dienone is 4. The quantitative estimate of drug-likeness (QED) is 0.0210. The maximum absolute atomic E-state index is 13.0. The summed E-state index contributed by atoms with van der Waals surface area (Å²) in [4.78, 5) is 25.4. The zero-order valence-corrected chi connectivity index (χ0v) is 46.4. The summed E-state index contributed by atoms with van der Waals surface area (Å²) in [5.74, 6) is -1.54. The molecule has 0 atom stereocenters. The van der Waals surface area contributed by atoms with Gasteiger partial charge in [-0.1, -0.05) is 231 Å². The fraction of sp³-hybridized carbons (Fsp3) is 0.786. The van der Waals surface area contributed by atoms with Crippen molar-refractivity contribution in [2.24, 2.45) is 0 Å². The van der Waals surface area contributed by atoms with Crippen LogP contribution in [-0.2, 0) is 19.6 Å². The van der Waals surface area contributed by atoms with Crippen molar-refractivity contribution in [3.63, 3.8) is 0 Å². The van der Waals surface area contributed by atoms with Gasteiger partial charge >= 0.3 is 63.3 Å². The summed E-state index contributed by atoms with van der Waals surface area (Å²) in [6.45, 7) is 4.90. The Labute approximate surface area is 443 Å². The molecule has 7 nitrogen and oxygen atoms in total. The third-order valence-corrected chi connectivity index (χ3v) is 13.3. The molecule has 0 aromatic heterocycles. The Morgan fingerprint density at radius 2 is 0.677 bits per heavy atom. The molecule has 370 valence electrons. The predicted molar refractivity (Wildman–Crippen MR) is 269 cm³/mol. The van der Waals surface area contributed by atoms with Gasteiger partial charge in [-0.05, 0) is 82.4 Å². The molecule has 0 fully saturated rings. The first-order valence-corrected chi connectivity index (χ1v) is 28.5. The number of carbonyl (C=O) groups is 2. The first-order chi connectivity index (χ1) is 31.3. The average Bonchev–Trinajstić information content (AvgIpc) is 3.28. The molecule has 1 rings (SSSR count). The number of carbonyl (C=O) groups excluding carboxylic acids is 2. The molecule has 0 saturated heterocycles. The molecule has 0 heterocycles. The van der Waals surface area contributed by atoms with Crippen LogP contribution in [0.4, 0.5) is 0 Å². The Hall–Kier alpha value is -0.814. The van der Waals surface area contributed by atoms with Crippen molar-refractivity contribution in [3.05, 3.63) is 53.6 Å². The smallest absolute Gasteiger partial charge is 0.744 e. The van der Waals surface area contributed by atoms with E-state index in [2.05, 4.69) is 38.2 Å². The Kier molecular flexibility index (Phi) is 47.6. The number of unbranched alkanes of at least 4 members (excludes halogenated alkanes) is 36. The van der Waals surface area contributed by atoms with Gasteiger partial charge in [0.15, 0.2) is 0 Å². The largest absolute Gasteiger partial charge is 1.00 e. The summed E-state index contributed by atoms with van der Waals surface area (Å²) in [7, 11) is -4.82. The summed E-state index contributed by atoms with van der Waals surface area (Å²) in [6.07, 6.45) is 59.4. The first kappa shape index (κ1) is 64.2. The molecule has 0 bridgehead atoms. The number of rotatable bonds is 47. The van der Waals surface area contributed by atoms with Crippen molar-refractivity contribution in [1.29, 1.82) is 0 Å². The van der Waals surface area contributed by atoms with Gasteiger partial charge in [-0.15, -0.1) is 0 Å². The van der Waals surface area contributed by atoms with Crippen molar-refractivity contribution in [2.45, 2.75) is 276 Å². The Morgan fingerprint density at radius 1 is 0.415 bits per heavy atom. The summed E-state index contributed by atoms with van der Waals surface area (Å²) in [6, 6.07) is 3.16. The molecular formula is C56H97KO7S. The van der Waals surface area contributed by atoms with Crippen molar-refractivity contribution < 1.29 is 83.4 Å². The van der Waals surface area contributed by atoms with Gasteiger partial charge in [-0.3, -0.25) is 0 Å². The summed E-state index contributed by atoms with van der Waals surface area (Å²) in [5, 5.41) is 0. The van der Waals surface area contributed by atoms with E-state index in [0.29, 0.717) is 12.8 Å².